The third kappa shape index (κ3) is 3.28. The first-order chi connectivity index (χ1) is 10.6. The Morgan fingerprint density at radius 1 is 1.09 bits per heavy atom. The zero-order valence-corrected chi connectivity index (χ0v) is 15.0. The molecule has 2 aliphatic rings. The molecule has 0 saturated carbocycles. The van der Waals surface area contributed by atoms with Crippen LogP contribution in [0.25, 0.3) is 0 Å². The number of sulfonamides is 1. The number of nitrogens with zero attached hydrogens (tertiary/aromatic N) is 1. The third-order valence-electron chi connectivity index (χ3n) is 4.52. The van der Waals surface area contributed by atoms with Crippen molar-refractivity contribution in [2.75, 3.05) is 27.3 Å². The Hall–Kier alpha value is -1.02. The van der Waals surface area contributed by atoms with Crippen LogP contribution in [0.3, 0.4) is 0 Å². The molecule has 2 aliphatic heterocycles. The molecule has 0 spiro atoms. The van der Waals surface area contributed by atoms with Crippen molar-refractivity contribution in [2.45, 2.75) is 36.2 Å². The molecule has 3 rings (SSSR count). The number of rotatable bonds is 4. The summed E-state index contributed by atoms with van der Waals surface area (Å²) in [5, 5.41) is 3.32. The van der Waals surface area contributed by atoms with Crippen LogP contribution in [0, 0.1) is 0 Å². The zero-order valence-electron chi connectivity index (χ0n) is 13.3. The van der Waals surface area contributed by atoms with E-state index in [1.165, 1.54) is 14.2 Å². The lowest BCUT2D eigenvalue weighted by atomic mass is 10.1. The topological polar surface area (TPSA) is 67.9 Å². The Morgan fingerprint density at radius 2 is 1.78 bits per heavy atom. The molecular formula is C15H23ClN2O4S. The van der Waals surface area contributed by atoms with Crippen LogP contribution in [0.4, 0.5) is 0 Å². The first-order valence-corrected chi connectivity index (χ1v) is 8.98. The highest BCUT2D eigenvalue weighted by atomic mass is 35.5. The van der Waals surface area contributed by atoms with E-state index in [-0.39, 0.29) is 29.4 Å². The normalized spacial score (nSPS) is 24.6. The predicted octanol–water partition coefficient (Wildman–Crippen LogP) is 1.64. The molecule has 2 saturated heterocycles. The van der Waals surface area contributed by atoms with E-state index in [0.717, 1.165) is 32.4 Å². The molecule has 130 valence electrons. The van der Waals surface area contributed by atoms with Crippen molar-refractivity contribution in [3.05, 3.63) is 18.2 Å². The minimum absolute atomic E-state index is 0. The molecule has 2 bridgehead atoms. The number of benzene rings is 1. The summed E-state index contributed by atoms with van der Waals surface area (Å²) in [6, 6.07) is 4.92. The van der Waals surface area contributed by atoms with E-state index in [0.29, 0.717) is 11.5 Å². The van der Waals surface area contributed by atoms with Gasteiger partial charge in [0.2, 0.25) is 10.0 Å². The van der Waals surface area contributed by atoms with Crippen molar-refractivity contribution in [2.24, 2.45) is 0 Å². The molecule has 0 aliphatic carbocycles. The summed E-state index contributed by atoms with van der Waals surface area (Å²) in [5.74, 6) is 0.964. The van der Waals surface area contributed by atoms with Gasteiger partial charge in [-0.15, -0.1) is 12.4 Å². The zero-order chi connectivity index (χ0) is 15.7. The van der Waals surface area contributed by atoms with Gasteiger partial charge < -0.3 is 14.8 Å². The number of ether oxygens (including phenoxy) is 2. The van der Waals surface area contributed by atoms with Gasteiger partial charge in [0.1, 0.15) is 0 Å². The smallest absolute Gasteiger partial charge is 0.243 e. The van der Waals surface area contributed by atoms with Crippen LogP contribution >= 0.6 is 12.4 Å². The van der Waals surface area contributed by atoms with E-state index in [9.17, 15) is 8.42 Å². The van der Waals surface area contributed by atoms with Crippen molar-refractivity contribution in [1.29, 1.82) is 0 Å². The van der Waals surface area contributed by atoms with Crippen molar-refractivity contribution >= 4 is 22.4 Å². The van der Waals surface area contributed by atoms with Gasteiger partial charge in [0, 0.05) is 24.7 Å². The van der Waals surface area contributed by atoms with E-state index < -0.39 is 10.0 Å². The molecular weight excluding hydrogens is 340 g/mol. The molecule has 0 radical (unpaired) electrons. The third-order valence-corrected chi connectivity index (χ3v) is 6.52. The van der Waals surface area contributed by atoms with Gasteiger partial charge in [-0.2, -0.15) is 4.31 Å². The Morgan fingerprint density at radius 3 is 2.48 bits per heavy atom. The molecule has 8 heteroatoms. The molecule has 2 unspecified atom stereocenters. The second kappa shape index (κ2) is 7.25. The van der Waals surface area contributed by atoms with Crippen LogP contribution in [-0.2, 0) is 10.0 Å². The first-order valence-electron chi connectivity index (χ1n) is 7.54. The number of halogens is 1. The van der Waals surface area contributed by atoms with Crippen LogP contribution in [0.1, 0.15) is 19.3 Å². The fourth-order valence-corrected chi connectivity index (χ4v) is 5.34. The average molecular weight is 363 g/mol. The molecule has 0 aromatic heterocycles. The highest BCUT2D eigenvalue weighted by Gasteiger charge is 2.43. The fourth-order valence-electron chi connectivity index (χ4n) is 3.43. The van der Waals surface area contributed by atoms with E-state index in [2.05, 4.69) is 5.32 Å². The quantitative estimate of drug-likeness (QED) is 0.882. The summed E-state index contributed by atoms with van der Waals surface area (Å²) in [4.78, 5) is 0.268. The van der Waals surface area contributed by atoms with Gasteiger partial charge in [-0.05, 0) is 37.9 Å². The van der Waals surface area contributed by atoms with Crippen molar-refractivity contribution < 1.29 is 17.9 Å². The van der Waals surface area contributed by atoms with Gasteiger partial charge >= 0.3 is 0 Å². The summed E-state index contributed by atoms with van der Waals surface area (Å²) < 4.78 is 38.3. The summed E-state index contributed by atoms with van der Waals surface area (Å²) >= 11 is 0. The van der Waals surface area contributed by atoms with Crippen molar-refractivity contribution in [3.63, 3.8) is 0 Å². The lowest BCUT2D eigenvalue weighted by Crippen LogP contribution is -2.42. The minimum Gasteiger partial charge on any atom is -0.493 e. The molecule has 2 heterocycles. The van der Waals surface area contributed by atoms with E-state index in [4.69, 9.17) is 9.47 Å². The number of methoxy groups -OCH3 is 2. The minimum atomic E-state index is -3.52. The molecule has 6 nitrogen and oxygen atoms in total. The molecule has 1 N–H and O–H groups in total. The van der Waals surface area contributed by atoms with Crippen LogP contribution in [0.15, 0.2) is 23.1 Å². The van der Waals surface area contributed by atoms with Gasteiger partial charge in [0.15, 0.2) is 11.5 Å². The molecule has 1 aromatic rings. The summed E-state index contributed by atoms with van der Waals surface area (Å²) in [6.45, 7) is 1.60. The van der Waals surface area contributed by atoms with Gasteiger partial charge in [0.25, 0.3) is 0 Å². The monoisotopic (exact) mass is 362 g/mol. The van der Waals surface area contributed by atoms with E-state index >= 15 is 0 Å². The lowest BCUT2D eigenvalue weighted by Gasteiger charge is -2.27. The number of hydrogen-bond donors (Lipinski definition) is 1. The predicted molar refractivity (Wildman–Crippen MR) is 90.1 cm³/mol. The highest BCUT2D eigenvalue weighted by molar-refractivity contribution is 7.89. The Bertz CT molecular complexity index is 639. The number of fused-ring (bicyclic) bond motifs is 2. The van der Waals surface area contributed by atoms with Gasteiger partial charge in [0.05, 0.1) is 19.1 Å². The molecule has 2 fully saturated rings. The van der Waals surface area contributed by atoms with Gasteiger partial charge in [-0.1, -0.05) is 0 Å². The summed E-state index contributed by atoms with van der Waals surface area (Å²) in [5.41, 5.74) is 0. The largest absolute Gasteiger partial charge is 0.493 e. The average Bonchev–Trinajstić information content (AvgIpc) is 2.80. The Labute approximate surface area is 143 Å². The molecule has 1 aromatic carbocycles. The number of hydrogen-bond acceptors (Lipinski definition) is 5. The lowest BCUT2D eigenvalue weighted by molar-refractivity contribution is 0.333. The summed E-state index contributed by atoms with van der Waals surface area (Å²) in [7, 11) is -0.479. The SMILES string of the molecule is COc1ccc(S(=O)(=O)N2C3CCNCC2CC3)cc1OC.Cl. The van der Waals surface area contributed by atoms with Gasteiger partial charge in [-0.25, -0.2) is 8.42 Å². The van der Waals surface area contributed by atoms with Crippen molar-refractivity contribution in [1.82, 2.24) is 9.62 Å². The molecule has 2 atom stereocenters. The van der Waals surface area contributed by atoms with Crippen molar-refractivity contribution in [3.8, 4) is 11.5 Å². The second-order valence-electron chi connectivity index (χ2n) is 5.73. The molecule has 0 amide bonds. The first kappa shape index (κ1) is 18.3. The highest BCUT2D eigenvalue weighted by Crippen LogP contribution is 2.36. The standard InChI is InChI=1S/C15H22N2O4S.ClH/c1-20-14-6-5-13(9-15(14)21-2)22(18,19)17-11-3-4-12(17)10-16-8-7-11;/h5-6,9,11-12,16H,3-4,7-8,10H2,1-2H3;1H. The van der Waals surface area contributed by atoms with E-state index in [1.807, 2.05) is 0 Å². The molecule has 23 heavy (non-hydrogen) atoms. The number of nitrogens with one attached hydrogen (secondary N) is 1. The Kier molecular flexibility index (Phi) is 5.78. The van der Waals surface area contributed by atoms with Crippen LogP contribution in [-0.4, -0.2) is 52.1 Å². The van der Waals surface area contributed by atoms with Gasteiger partial charge in [-0.3, -0.25) is 0 Å². The summed E-state index contributed by atoms with van der Waals surface area (Å²) in [6.07, 6.45) is 2.73. The maximum atomic E-state index is 13.1. The van der Waals surface area contributed by atoms with Crippen LogP contribution < -0.4 is 14.8 Å². The maximum absolute atomic E-state index is 13.1. The maximum Gasteiger partial charge on any atom is 0.243 e. The Balaban J connectivity index is 0.00000192. The second-order valence-corrected chi connectivity index (χ2v) is 7.57. The van der Waals surface area contributed by atoms with Crippen LogP contribution in [0.5, 0.6) is 11.5 Å². The van der Waals surface area contributed by atoms with E-state index in [1.54, 1.807) is 22.5 Å². The fraction of sp³-hybridized carbons (Fsp3) is 0.600. The van der Waals surface area contributed by atoms with Crippen LogP contribution in [0.2, 0.25) is 0 Å².